The molecule has 1 atom stereocenters. The van der Waals surface area contributed by atoms with Crippen molar-refractivity contribution in [2.75, 3.05) is 40.0 Å². The van der Waals surface area contributed by atoms with Gasteiger partial charge in [-0.3, -0.25) is 0 Å². The van der Waals surface area contributed by atoms with Crippen LogP contribution in [0.25, 0.3) is 0 Å². The highest BCUT2D eigenvalue weighted by molar-refractivity contribution is 4.79. The molecule has 13 heavy (non-hydrogen) atoms. The van der Waals surface area contributed by atoms with E-state index in [2.05, 4.69) is 11.4 Å². The van der Waals surface area contributed by atoms with Crippen molar-refractivity contribution in [3.05, 3.63) is 0 Å². The zero-order valence-corrected chi connectivity index (χ0v) is 8.38. The average Bonchev–Trinajstić information content (AvgIpc) is 2.16. The van der Waals surface area contributed by atoms with E-state index in [1.54, 1.807) is 7.11 Å². The van der Waals surface area contributed by atoms with Gasteiger partial charge in [0, 0.05) is 20.2 Å². The third kappa shape index (κ3) is 9.28. The van der Waals surface area contributed by atoms with E-state index in [1.165, 1.54) is 0 Å². The molecule has 0 rings (SSSR count). The van der Waals surface area contributed by atoms with Crippen LogP contribution in [0.15, 0.2) is 0 Å². The fourth-order valence-corrected chi connectivity index (χ4v) is 0.753. The van der Waals surface area contributed by atoms with Crippen molar-refractivity contribution in [1.29, 1.82) is 5.26 Å². The maximum absolute atomic E-state index is 8.47. The summed E-state index contributed by atoms with van der Waals surface area (Å²) in [6.07, 6.45) is 0. The van der Waals surface area contributed by atoms with Gasteiger partial charge in [-0.05, 0) is 6.92 Å². The minimum Gasteiger partial charge on any atom is -0.382 e. The highest BCUT2D eigenvalue weighted by atomic mass is 16.5. The summed E-state index contributed by atoms with van der Waals surface area (Å²) >= 11 is 0. The first-order chi connectivity index (χ1) is 6.31. The summed E-state index contributed by atoms with van der Waals surface area (Å²) in [6, 6.07) is 2.15. The molecule has 0 aromatic carbocycles. The van der Waals surface area contributed by atoms with Gasteiger partial charge in [0.2, 0.25) is 0 Å². The lowest BCUT2D eigenvalue weighted by atomic mass is 10.2. The molecule has 0 aromatic heterocycles. The predicted molar refractivity (Wildman–Crippen MR) is 50.3 cm³/mol. The molecule has 0 saturated heterocycles. The van der Waals surface area contributed by atoms with Crippen LogP contribution in [-0.4, -0.2) is 40.0 Å². The zero-order valence-electron chi connectivity index (χ0n) is 8.38. The lowest BCUT2D eigenvalue weighted by Crippen LogP contribution is -2.25. The lowest BCUT2D eigenvalue weighted by Gasteiger charge is -2.06. The molecular weight excluding hydrogens is 168 g/mol. The molecule has 0 spiro atoms. The maximum Gasteiger partial charge on any atom is 0.0700 e. The second-order valence-corrected chi connectivity index (χ2v) is 2.84. The van der Waals surface area contributed by atoms with Gasteiger partial charge in [0.05, 0.1) is 31.8 Å². The topological polar surface area (TPSA) is 54.3 Å². The monoisotopic (exact) mass is 186 g/mol. The number of hydrogen-bond acceptors (Lipinski definition) is 4. The minimum absolute atomic E-state index is 0.0685. The highest BCUT2D eigenvalue weighted by Crippen LogP contribution is 1.86. The standard InChI is InChI=1S/C9H18N2O2/c1-9(7-10)8-11-3-4-13-6-5-12-2/h9,11H,3-6,8H2,1-2H3. The molecule has 0 aromatic rings. The summed E-state index contributed by atoms with van der Waals surface area (Å²) in [7, 11) is 1.65. The van der Waals surface area contributed by atoms with Crippen LogP contribution >= 0.6 is 0 Å². The van der Waals surface area contributed by atoms with Crippen LogP contribution < -0.4 is 5.32 Å². The van der Waals surface area contributed by atoms with Crippen molar-refractivity contribution >= 4 is 0 Å². The smallest absolute Gasteiger partial charge is 0.0700 e. The van der Waals surface area contributed by atoms with Gasteiger partial charge in [0.15, 0.2) is 0 Å². The summed E-state index contributed by atoms with van der Waals surface area (Å²) in [5.41, 5.74) is 0. The third-order valence-corrected chi connectivity index (χ3v) is 1.53. The van der Waals surface area contributed by atoms with Crippen molar-refractivity contribution in [1.82, 2.24) is 5.32 Å². The van der Waals surface area contributed by atoms with Gasteiger partial charge < -0.3 is 14.8 Å². The van der Waals surface area contributed by atoms with Crippen molar-refractivity contribution in [2.24, 2.45) is 5.92 Å². The molecule has 1 unspecified atom stereocenters. The largest absolute Gasteiger partial charge is 0.382 e. The van der Waals surface area contributed by atoms with E-state index in [9.17, 15) is 0 Å². The fraction of sp³-hybridized carbons (Fsp3) is 0.889. The second kappa shape index (κ2) is 9.46. The molecule has 76 valence electrons. The lowest BCUT2D eigenvalue weighted by molar-refractivity contribution is 0.0719. The zero-order chi connectivity index (χ0) is 9.94. The maximum atomic E-state index is 8.47. The first-order valence-corrected chi connectivity index (χ1v) is 4.48. The predicted octanol–water partition coefficient (Wildman–Crippen LogP) is 0.399. The number of rotatable bonds is 8. The van der Waals surface area contributed by atoms with E-state index in [1.807, 2.05) is 6.92 Å². The molecule has 0 aliphatic rings. The molecule has 0 saturated carbocycles. The number of ether oxygens (including phenoxy) is 2. The summed E-state index contributed by atoms with van der Waals surface area (Å²) in [5, 5.41) is 11.6. The van der Waals surface area contributed by atoms with Crippen molar-refractivity contribution < 1.29 is 9.47 Å². The Kier molecular flexibility index (Phi) is 9.00. The van der Waals surface area contributed by atoms with E-state index in [-0.39, 0.29) is 5.92 Å². The Morgan fingerprint density at radius 2 is 2.15 bits per heavy atom. The van der Waals surface area contributed by atoms with Gasteiger partial charge in [-0.2, -0.15) is 5.26 Å². The Morgan fingerprint density at radius 3 is 2.77 bits per heavy atom. The molecule has 4 nitrogen and oxygen atoms in total. The van der Waals surface area contributed by atoms with Gasteiger partial charge in [0.1, 0.15) is 0 Å². The molecule has 4 heteroatoms. The van der Waals surface area contributed by atoms with Gasteiger partial charge in [-0.1, -0.05) is 0 Å². The second-order valence-electron chi connectivity index (χ2n) is 2.84. The molecule has 0 fully saturated rings. The molecule has 0 radical (unpaired) electrons. The minimum atomic E-state index is 0.0685. The number of hydrogen-bond donors (Lipinski definition) is 1. The Hall–Kier alpha value is -0.630. The van der Waals surface area contributed by atoms with E-state index in [0.717, 1.165) is 13.1 Å². The molecule has 0 aliphatic carbocycles. The van der Waals surface area contributed by atoms with Gasteiger partial charge in [-0.25, -0.2) is 0 Å². The summed E-state index contributed by atoms with van der Waals surface area (Å²) in [5.74, 6) is 0.0685. The van der Waals surface area contributed by atoms with Gasteiger partial charge in [-0.15, -0.1) is 0 Å². The SMILES string of the molecule is COCCOCCNCC(C)C#N. The number of nitrogens with one attached hydrogen (secondary N) is 1. The fourth-order valence-electron chi connectivity index (χ4n) is 0.753. The van der Waals surface area contributed by atoms with E-state index < -0.39 is 0 Å². The van der Waals surface area contributed by atoms with E-state index >= 15 is 0 Å². The van der Waals surface area contributed by atoms with E-state index in [4.69, 9.17) is 14.7 Å². The molecule has 0 bridgehead atoms. The van der Waals surface area contributed by atoms with Gasteiger partial charge >= 0.3 is 0 Å². The summed E-state index contributed by atoms with van der Waals surface area (Å²) < 4.78 is 10.0. The van der Waals surface area contributed by atoms with Crippen LogP contribution in [-0.2, 0) is 9.47 Å². The number of methoxy groups -OCH3 is 1. The van der Waals surface area contributed by atoms with Crippen molar-refractivity contribution in [3.63, 3.8) is 0 Å². The quantitative estimate of drug-likeness (QED) is 0.557. The van der Waals surface area contributed by atoms with Crippen LogP contribution in [0.4, 0.5) is 0 Å². The van der Waals surface area contributed by atoms with E-state index in [0.29, 0.717) is 19.8 Å². The number of nitrogens with zero attached hydrogens (tertiary/aromatic N) is 1. The van der Waals surface area contributed by atoms with Crippen molar-refractivity contribution in [2.45, 2.75) is 6.92 Å². The first-order valence-electron chi connectivity index (χ1n) is 4.48. The Balaban J connectivity index is 2.96. The van der Waals surface area contributed by atoms with Crippen molar-refractivity contribution in [3.8, 4) is 6.07 Å². The molecule has 0 amide bonds. The van der Waals surface area contributed by atoms with Crippen LogP contribution in [0.5, 0.6) is 0 Å². The Labute approximate surface area is 79.8 Å². The van der Waals surface area contributed by atoms with Crippen LogP contribution in [0.1, 0.15) is 6.92 Å². The Morgan fingerprint density at radius 1 is 1.38 bits per heavy atom. The third-order valence-electron chi connectivity index (χ3n) is 1.53. The van der Waals surface area contributed by atoms with Crippen LogP contribution in [0.2, 0.25) is 0 Å². The summed E-state index contributed by atoms with van der Waals surface area (Å²) in [6.45, 7) is 5.33. The average molecular weight is 186 g/mol. The molecule has 0 aliphatic heterocycles. The van der Waals surface area contributed by atoms with Crippen LogP contribution in [0, 0.1) is 17.2 Å². The molecular formula is C9H18N2O2. The summed E-state index contributed by atoms with van der Waals surface area (Å²) in [4.78, 5) is 0. The Bertz CT molecular complexity index is 145. The first kappa shape index (κ1) is 12.4. The van der Waals surface area contributed by atoms with Crippen LogP contribution in [0.3, 0.4) is 0 Å². The molecule has 1 N–H and O–H groups in total. The molecule has 0 heterocycles. The highest BCUT2D eigenvalue weighted by Gasteiger charge is 1.96. The number of nitriles is 1. The van der Waals surface area contributed by atoms with Gasteiger partial charge in [0.25, 0.3) is 0 Å². The normalized spacial score (nSPS) is 12.4.